The molecule has 2 atom stereocenters. The SMILES string of the molecule is CCCCC/C=C\C/C=C\CCCCCCCCCCCC(=O)OCCCCCCCCCCCCCCCCCCCCCCCCCCCCCCCCCC(=O)NC(CO)C(O)/C=C/CCCCCCCCCCCCCCCCCCCCCCC. The molecule has 1 amide bonds. The van der Waals surface area contributed by atoms with Gasteiger partial charge in [0.15, 0.2) is 0 Å². The Morgan fingerprint density at radius 1 is 0.311 bits per heavy atom. The maximum Gasteiger partial charge on any atom is 0.305 e. The molecular weight excluding hydrogens is 1100 g/mol. The first-order valence-corrected chi connectivity index (χ1v) is 41.3. The minimum Gasteiger partial charge on any atom is -0.466 e. The lowest BCUT2D eigenvalue weighted by atomic mass is 10.0. The van der Waals surface area contributed by atoms with Crippen LogP contribution < -0.4 is 5.32 Å². The van der Waals surface area contributed by atoms with Crippen molar-refractivity contribution in [3.05, 3.63) is 36.5 Å². The van der Waals surface area contributed by atoms with Gasteiger partial charge < -0.3 is 20.3 Å². The molecule has 6 nitrogen and oxygen atoms in total. The summed E-state index contributed by atoms with van der Waals surface area (Å²) in [6, 6.07) is -0.626. The molecule has 0 heterocycles. The van der Waals surface area contributed by atoms with Crippen LogP contribution in [0.4, 0.5) is 0 Å². The summed E-state index contributed by atoms with van der Waals surface area (Å²) in [5.74, 6) is -0.0411. The Kier molecular flexibility index (Phi) is 77.8. The Morgan fingerprint density at radius 3 is 0.867 bits per heavy atom. The number of rotatable bonds is 78. The molecule has 2 unspecified atom stereocenters. The van der Waals surface area contributed by atoms with E-state index >= 15 is 0 Å². The van der Waals surface area contributed by atoms with Gasteiger partial charge in [0.2, 0.25) is 5.91 Å². The summed E-state index contributed by atoms with van der Waals surface area (Å²) in [6.45, 7) is 4.93. The van der Waals surface area contributed by atoms with Gasteiger partial charge in [-0.05, 0) is 64.2 Å². The zero-order valence-corrected chi connectivity index (χ0v) is 61.1. The highest BCUT2D eigenvalue weighted by Crippen LogP contribution is 2.20. The lowest BCUT2D eigenvalue weighted by Gasteiger charge is -2.20. The van der Waals surface area contributed by atoms with E-state index in [9.17, 15) is 19.8 Å². The largest absolute Gasteiger partial charge is 0.466 e. The second-order valence-corrected chi connectivity index (χ2v) is 28.5. The molecule has 0 aliphatic heterocycles. The monoisotopic (exact) mass is 1260 g/mol. The molecule has 532 valence electrons. The first kappa shape index (κ1) is 88.1. The molecular formula is C84H161NO5. The van der Waals surface area contributed by atoms with Crippen LogP contribution >= 0.6 is 0 Å². The predicted molar refractivity (Wildman–Crippen MR) is 398 cm³/mol. The minimum atomic E-state index is -0.843. The summed E-state index contributed by atoms with van der Waals surface area (Å²) in [4.78, 5) is 24.7. The third-order valence-corrected chi connectivity index (χ3v) is 19.4. The van der Waals surface area contributed by atoms with Crippen LogP contribution in [0.15, 0.2) is 36.5 Å². The van der Waals surface area contributed by atoms with Crippen LogP contribution in [0, 0.1) is 0 Å². The fourth-order valence-electron chi connectivity index (χ4n) is 13.1. The van der Waals surface area contributed by atoms with Gasteiger partial charge in [-0.3, -0.25) is 9.59 Å². The number of carbonyl (C=O) groups is 2. The van der Waals surface area contributed by atoms with E-state index in [4.69, 9.17) is 4.74 Å². The molecule has 90 heavy (non-hydrogen) atoms. The number of aliphatic hydroxyl groups excluding tert-OH is 2. The Morgan fingerprint density at radius 2 is 0.556 bits per heavy atom. The quantitative estimate of drug-likeness (QED) is 0.0320. The van der Waals surface area contributed by atoms with Crippen molar-refractivity contribution >= 4 is 11.9 Å². The van der Waals surface area contributed by atoms with Crippen molar-refractivity contribution in [2.75, 3.05) is 13.2 Å². The number of aliphatic hydroxyl groups is 2. The Balaban J connectivity index is 3.35. The van der Waals surface area contributed by atoms with E-state index in [1.165, 1.54) is 385 Å². The Bertz CT molecular complexity index is 1460. The van der Waals surface area contributed by atoms with E-state index in [0.29, 0.717) is 19.4 Å². The normalized spacial score (nSPS) is 12.6. The van der Waals surface area contributed by atoms with Crippen molar-refractivity contribution in [2.45, 2.75) is 475 Å². The third-order valence-electron chi connectivity index (χ3n) is 19.4. The number of hydrogen-bond acceptors (Lipinski definition) is 5. The topological polar surface area (TPSA) is 95.9 Å². The average molecular weight is 1270 g/mol. The van der Waals surface area contributed by atoms with E-state index < -0.39 is 12.1 Å². The third kappa shape index (κ3) is 75.1. The summed E-state index contributed by atoms with van der Waals surface area (Å²) in [7, 11) is 0. The van der Waals surface area contributed by atoms with Crippen LogP contribution in [0.2, 0.25) is 0 Å². The highest BCUT2D eigenvalue weighted by Gasteiger charge is 2.18. The van der Waals surface area contributed by atoms with E-state index in [1.54, 1.807) is 6.08 Å². The number of hydrogen-bond donors (Lipinski definition) is 3. The fourth-order valence-corrected chi connectivity index (χ4v) is 13.1. The molecule has 0 spiro atoms. The molecule has 0 aromatic heterocycles. The summed E-state index contributed by atoms with van der Waals surface area (Å²) >= 11 is 0. The van der Waals surface area contributed by atoms with Crippen LogP contribution in [0.1, 0.15) is 463 Å². The highest BCUT2D eigenvalue weighted by molar-refractivity contribution is 5.76. The van der Waals surface area contributed by atoms with Crippen molar-refractivity contribution in [3.63, 3.8) is 0 Å². The fraction of sp³-hybridized carbons (Fsp3) is 0.905. The maximum absolute atomic E-state index is 12.6. The molecule has 0 aliphatic rings. The molecule has 0 aromatic carbocycles. The summed E-state index contributed by atoms with van der Waals surface area (Å²) in [5.41, 5.74) is 0. The average Bonchev–Trinajstić information content (AvgIpc) is 3.59. The lowest BCUT2D eigenvalue weighted by Crippen LogP contribution is -2.45. The van der Waals surface area contributed by atoms with Crippen molar-refractivity contribution in [2.24, 2.45) is 0 Å². The van der Waals surface area contributed by atoms with Gasteiger partial charge in [-0.2, -0.15) is 0 Å². The van der Waals surface area contributed by atoms with Crippen molar-refractivity contribution in [1.82, 2.24) is 5.32 Å². The van der Waals surface area contributed by atoms with Crippen LogP contribution in [0.25, 0.3) is 0 Å². The van der Waals surface area contributed by atoms with Crippen LogP contribution in [0.3, 0.4) is 0 Å². The molecule has 0 radical (unpaired) electrons. The Hall–Kier alpha value is -1.92. The molecule has 0 aromatic rings. The molecule has 0 saturated heterocycles. The summed E-state index contributed by atoms with van der Waals surface area (Å²) < 4.78 is 5.52. The van der Waals surface area contributed by atoms with Gasteiger partial charge in [-0.15, -0.1) is 0 Å². The predicted octanol–water partition coefficient (Wildman–Crippen LogP) is 27.4. The van der Waals surface area contributed by atoms with Gasteiger partial charge in [-0.25, -0.2) is 0 Å². The molecule has 0 rings (SSSR count). The molecule has 0 saturated carbocycles. The van der Waals surface area contributed by atoms with Crippen LogP contribution in [0.5, 0.6) is 0 Å². The molecule has 0 bridgehead atoms. The van der Waals surface area contributed by atoms with Gasteiger partial charge in [0, 0.05) is 12.8 Å². The second kappa shape index (κ2) is 79.5. The van der Waals surface area contributed by atoms with Gasteiger partial charge >= 0.3 is 5.97 Å². The first-order valence-electron chi connectivity index (χ1n) is 41.3. The lowest BCUT2D eigenvalue weighted by molar-refractivity contribution is -0.143. The van der Waals surface area contributed by atoms with E-state index in [-0.39, 0.29) is 18.5 Å². The van der Waals surface area contributed by atoms with Gasteiger partial charge in [-0.1, -0.05) is 423 Å². The highest BCUT2D eigenvalue weighted by atomic mass is 16.5. The van der Waals surface area contributed by atoms with Crippen LogP contribution in [-0.4, -0.2) is 47.4 Å². The molecule has 0 aliphatic carbocycles. The number of carbonyl (C=O) groups excluding carboxylic acids is 2. The van der Waals surface area contributed by atoms with E-state index in [1.807, 2.05) is 6.08 Å². The number of amides is 1. The molecule has 0 fully saturated rings. The summed E-state index contributed by atoms with van der Waals surface area (Å²) in [5, 5.41) is 23.3. The number of esters is 1. The molecule has 6 heteroatoms. The number of ether oxygens (including phenoxy) is 1. The van der Waals surface area contributed by atoms with Crippen molar-refractivity contribution in [1.29, 1.82) is 0 Å². The van der Waals surface area contributed by atoms with Crippen molar-refractivity contribution in [3.8, 4) is 0 Å². The second-order valence-electron chi connectivity index (χ2n) is 28.5. The number of allylic oxidation sites excluding steroid dienone is 5. The first-order chi connectivity index (χ1) is 44.5. The summed E-state index contributed by atoms with van der Waals surface area (Å²) in [6.07, 6.45) is 104. The van der Waals surface area contributed by atoms with Gasteiger partial charge in [0.1, 0.15) is 0 Å². The van der Waals surface area contributed by atoms with Crippen molar-refractivity contribution < 1.29 is 24.5 Å². The van der Waals surface area contributed by atoms with Gasteiger partial charge in [0.05, 0.1) is 25.4 Å². The Labute approximate surface area is 564 Å². The van der Waals surface area contributed by atoms with E-state index in [0.717, 1.165) is 51.4 Å². The zero-order valence-electron chi connectivity index (χ0n) is 61.1. The number of unbranched alkanes of at least 4 members (excludes halogenated alkanes) is 63. The number of nitrogens with one attached hydrogen (secondary N) is 1. The standard InChI is InChI=1S/C84H161NO5/c1-3-5-7-9-11-13-15-17-19-21-23-24-34-37-41-44-48-52-56-60-64-68-72-76-82(87)81(80-86)85-83(88)77-73-69-65-61-57-53-49-45-42-38-35-32-30-28-26-25-27-29-31-33-36-39-43-47-51-55-59-63-67-71-75-79-90-84(89)78-74-70-66-62-58-54-50-46-40-22-20-18-16-14-12-10-8-6-4-2/h12,14,18,20,72,76,81-82,86-87H,3-11,13,15-17,19,21-71,73-75,77-80H2,1-2H3,(H,85,88)/b14-12-,20-18-,76-72+. The molecule has 3 N–H and O–H groups in total. The maximum atomic E-state index is 12.6. The van der Waals surface area contributed by atoms with Crippen LogP contribution in [-0.2, 0) is 14.3 Å². The van der Waals surface area contributed by atoms with Gasteiger partial charge in [0.25, 0.3) is 0 Å². The smallest absolute Gasteiger partial charge is 0.305 e. The minimum absolute atomic E-state index is 0.0175. The zero-order chi connectivity index (χ0) is 64.9. The van der Waals surface area contributed by atoms with E-state index in [2.05, 4.69) is 43.5 Å².